The molecule has 8 heteroatoms. The van der Waals surface area contributed by atoms with E-state index in [-0.39, 0.29) is 0 Å². The fourth-order valence-corrected chi connectivity index (χ4v) is 8.18. The van der Waals surface area contributed by atoms with Crippen LogP contribution in [0, 0.1) is 0 Å². The Balaban J connectivity index is 1.04. The maximum Gasteiger partial charge on any atom is 0.167 e. The minimum atomic E-state index is 0.487. The summed E-state index contributed by atoms with van der Waals surface area (Å²) in [6.07, 6.45) is 5.35. The van der Waals surface area contributed by atoms with Crippen LogP contribution in [-0.2, 0) is 0 Å². The Morgan fingerprint density at radius 3 is 2.04 bits per heavy atom. The number of hydrogen-bond acceptors (Lipinski definition) is 7. The van der Waals surface area contributed by atoms with Gasteiger partial charge in [-0.25, -0.2) is 15.0 Å². The number of fused-ring (bicyclic) bond motifs is 9. The molecule has 0 N–H and O–H groups in total. The Hall–Kier alpha value is -7.97. The van der Waals surface area contributed by atoms with Crippen molar-refractivity contribution < 1.29 is 8.83 Å². The molecule has 8 nitrogen and oxygen atoms in total. The molecule has 12 rings (SSSR count). The predicted octanol–water partition coefficient (Wildman–Crippen LogP) is 12.2. The fourth-order valence-electron chi connectivity index (χ4n) is 8.18. The molecule has 0 radical (unpaired) electrons. The molecule has 0 saturated heterocycles. The largest absolute Gasteiger partial charge is 0.456 e. The average Bonchev–Trinajstić information content (AvgIpc) is 3.96. The number of nitrogens with zero attached hydrogens (tertiary/aromatic N) is 6. The topological polar surface area (TPSA) is 95.7 Å². The number of benzene rings is 6. The molecule has 0 aliphatic rings. The minimum Gasteiger partial charge on any atom is -0.456 e. The van der Waals surface area contributed by atoms with Crippen LogP contribution in [0.5, 0.6) is 0 Å². The lowest BCUT2D eigenvalue weighted by Crippen LogP contribution is -2.00. The summed E-state index contributed by atoms with van der Waals surface area (Å²) in [5, 5.41) is 5.15. The second-order valence-corrected chi connectivity index (χ2v) is 14.1. The lowest BCUT2D eigenvalue weighted by Gasteiger charge is -2.09. The van der Waals surface area contributed by atoms with Crippen LogP contribution < -0.4 is 0 Å². The molecule has 0 aliphatic heterocycles. The third-order valence-electron chi connectivity index (χ3n) is 10.8. The van der Waals surface area contributed by atoms with Crippen LogP contribution in [0.1, 0.15) is 0 Å². The van der Waals surface area contributed by atoms with Gasteiger partial charge in [0.05, 0.1) is 16.6 Å². The smallest absolute Gasteiger partial charge is 0.167 e. The summed E-state index contributed by atoms with van der Waals surface area (Å²) in [6.45, 7) is 0. The highest BCUT2D eigenvalue weighted by Gasteiger charge is 2.21. The molecule has 6 heterocycles. The van der Waals surface area contributed by atoms with Crippen LogP contribution in [-0.4, -0.2) is 29.5 Å². The van der Waals surface area contributed by atoms with Crippen LogP contribution in [0.2, 0.25) is 0 Å². The van der Waals surface area contributed by atoms with Gasteiger partial charge in [0.2, 0.25) is 0 Å². The molecule has 0 aliphatic carbocycles. The molecule has 0 amide bonds. The summed E-state index contributed by atoms with van der Waals surface area (Å²) in [7, 11) is 0. The van der Waals surface area contributed by atoms with Crippen molar-refractivity contribution in [1.82, 2.24) is 29.5 Å². The molecule has 266 valence electrons. The van der Waals surface area contributed by atoms with Crippen molar-refractivity contribution in [2.75, 3.05) is 0 Å². The first kappa shape index (κ1) is 31.4. The number of aromatic nitrogens is 6. The molecule has 0 fully saturated rings. The van der Waals surface area contributed by atoms with E-state index in [2.05, 4.69) is 101 Å². The summed E-state index contributed by atoms with van der Waals surface area (Å²) >= 11 is 0. The van der Waals surface area contributed by atoms with E-state index in [1.165, 1.54) is 10.8 Å². The summed E-state index contributed by atoms with van der Waals surface area (Å²) in [5.41, 5.74) is 11.5. The molecular formula is C49H28N6O2. The van der Waals surface area contributed by atoms with E-state index < -0.39 is 0 Å². The first-order valence-corrected chi connectivity index (χ1v) is 18.7. The molecule has 0 bridgehead atoms. The van der Waals surface area contributed by atoms with Gasteiger partial charge >= 0.3 is 0 Å². The molecule has 0 unspecified atom stereocenters. The normalized spacial score (nSPS) is 11.9. The Bertz CT molecular complexity index is 3530. The number of furan rings is 2. The van der Waals surface area contributed by atoms with Gasteiger partial charge in [-0.1, -0.05) is 84.9 Å². The summed E-state index contributed by atoms with van der Waals surface area (Å²) in [5.74, 6) is 1.57. The van der Waals surface area contributed by atoms with E-state index in [9.17, 15) is 0 Å². The summed E-state index contributed by atoms with van der Waals surface area (Å²) < 4.78 is 15.3. The maximum absolute atomic E-state index is 6.90. The minimum absolute atomic E-state index is 0.487. The van der Waals surface area contributed by atoms with Crippen LogP contribution in [0.25, 0.3) is 117 Å². The van der Waals surface area contributed by atoms with Crippen molar-refractivity contribution >= 4 is 65.8 Å². The first-order valence-electron chi connectivity index (χ1n) is 18.7. The predicted molar refractivity (Wildman–Crippen MR) is 226 cm³/mol. The average molecular weight is 733 g/mol. The first-order chi connectivity index (χ1) is 28.2. The summed E-state index contributed by atoms with van der Waals surface area (Å²) in [6, 6.07) is 51.7. The van der Waals surface area contributed by atoms with E-state index >= 15 is 0 Å². The van der Waals surface area contributed by atoms with Gasteiger partial charge in [0.1, 0.15) is 22.3 Å². The van der Waals surface area contributed by atoms with Crippen LogP contribution in [0.3, 0.4) is 0 Å². The highest BCUT2D eigenvalue weighted by atomic mass is 16.3. The van der Waals surface area contributed by atoms with Crippen molar-refractivity contribution in [3.05, 3.63) is 170 Å². The molecule has 0 saturated carbocycles. The Morgan fingerprint density at radius 2 is 1.14 bits per heavy atom. The quantitative estimate of drug-likeness (QED) is 0.174. The number of pyridine rings is 2. The third kappa shape index (κ3) is 4.91. The lowest BCUT2D eigenvalue weighted by molar-refractivity contribution is 0.668. The molecule has 57 heavy (non-hydrogen) atoms. The zero-order chi connectivity index (χ0) is 37.5. The van der Waals surface area contributed by atoms with E-state index in [1.807, 2.05) is 66.9 Å². The van der Waals surface area contributed by atoms with Crippen LogP contribution >= 0.6 is 0 Å². The maximum atomic E-state index is 6.90. The van der Waals surface area contributed by atoms with Gasteiger partial charge in [0.25, 0.3) is 0 Å². The van der Waals surface area contributed by atoms with Crippen LogP contribution in [0.4, 0.5) is 0 Å². The molecule has 0 spiro atoms. The lowest BCUT2D eigenvalue weighted by atomic mass is 10.0. The second-order valence-electron chi connectivity index (χ2n) is 14.1. The monoisotopic (exact) mass is 732 g/mol. The van der Waals surface area contributed by atoms with Gasteiger partial charge < -0.3 is 13.4 Å². The van der Waals surface area contributed by atoms with Gasteiger partial charge in [-0.15, -0.1) is 0 Å². The summed E-state index contributed by atoms with van der Waals surface area (Å²) in [4.78, 5) is 24.3. The Morgan fingerprint density at radius 1 is 0.421 bits per heavy atom. The fraction of sp³-hybridized carbons (Fsp3) is 0. The van der Waals surface area contributed by atoms with E-state index in [4.69, 9.17) is 28.8 Å². The van der Waals surface area contributed by atoms with E-state index in [0.717, 1.165) is 83.0 Å². The molecule has 6 aromatic carbocycles. The Kier molecular flexibility index (Phi) is 6.76. The number of para-hydroxylation sites is 3. The zero-order valence-electron chi connectivity index (χ0n) is 30.2. The van der Waals surface area contributed by atoms with Gasteiger partial charge in [0, 0.05) is 67.9 Å². The Labute approximate surface area is 324 Å². The van der Waals surface area contributed by atoms with Gasteiger partial charge in [-0.05, 0) is 72.3 Å². The number of hydrogen-bond donors (Lipinski definition) is 0. The SMILES string of the molecule is c1ccc(-c2nc(-c3ccc4oc5ccncc5c4c3)nc(-c3ccnc4c3oc3c(-c5ccc6c(c5)c5ccccc5n6-c5ccccc5)cccc34)n2)cc1. The van der Waals surface area contributed by atoms with Crippen molar-refractivity contribution in [2.45, 2.75) is 0 Å². The van der Waals surface area contributed by atoms with Crippen molar-refractivity contribution in [3.8, 4) is 51.0 Å². The van der Waals surface area contributed by atoms with Gasteiger partial charge in [0.15, 0.2) is 23.1 Å². The second kappa shape index (κ2) is 12.3. The highest BCUT2D eigenvalue weighted by molar-refractivity contribution is 6.14. The molecular weight excluding hydrogens is 705 g/mol. The van der Waals surface area contributed by atoms with Crippen molar-refractivity contribution in [3.63, 3.8) is 0 Å². The highest BCUT2D eigenvalue weighted by Crippen LogP contribution is 2.41. The molecule has 6 aromatic heterocycles. The zero-order valence-corrected chi connectivity index (χ0v) is 30.2. The van der Waals surface area contributed by atoms with Crippen LogP contribution in [0.15, 0.2) is 179 Å². The van der Waals surface area contributed by atoms with E-state index in [0.29, 0.717) is 23.1 Å². The molecule has 12 aromatic rings. The standard InChI is InChI=1S/C49H28N6O2/c1-3-10-29(11-4-1)47-52-48(31-19-21-42-38(27-31)39-28-50-24-23-43(39)56-42)54-49(53-47)36-22-25-51-44-35-16-9-15-33(45(35)57-46(36)44)30-18-20-41-37(26-30)34-14-7-8-17-40(34)55(41)32-12-5-2-6-13-32/h1-28H. The van der Waals surface area contributed by atoms with Gasteiger partial charge in [-0.3, -0.25) is 9.97 Å². The van der Waals surface area contributed by atoms with Gasteiger partial charge in [-0.2, -0.15) is 0 Å². The van der Waals surface area contributed by atoms with Crippen molar-refractivity contribution in [2.24, 2.45) is 0 Å². The van der Waals surface area contributed by atoms with E-state index in [1.54, 1.807) is 12.4 Å². The van der Waals surface area contributed by atoms with Crippen molar-refractivity contribution in [1.29, 1.82) is 0 Å². The number of rotatable bonds is 5. The molecule has 0 atom stereocenters. The third-order valence-corrected chi connectivity index (χ3v) is 10.8.